The molecule has 1 aliphatic heterocycles. The largest absolute Gasteiger partial charge is 0.490 e. The number of nitro groups is 1. The van der Waals surface area contributed by atoms with Crippen molar-refractivity contribution >= 4 is 29.1 Å². The second-order valence-corrected chi connectivity index (χ2v) is 9.99. The molecule has 0 saturated heterocycles. The minimum Gasteiger partial charge on any atom is -0.490 e. The van der Waals surface area contributed by atoms with Gasteiger partial charge in [-0.3, -0.25) is 19.5 Å². The van der Waals surface area contributed by atoms with E-state index in [1.54, 1.807) is 74.5 Å². The fourth-order valence-corrected chi connectivity index (χ4v) is 5.50. The molecule has 0 saturated carbocycles. The van der Waals surface area contributed by atoms with Crippen LogP contribution in [-0.2, 0) is 9.53 Å². The number of allylic oxidation sites excluding steroid dienone is 1. The molecule has 11 heteroatoms. The van der Waals surface area contributed by atoms with E-state index < -0.39 is 16.9 Å². The first kappa shape index (κ1) is 27.5. The van der Waals surface area contributed by atoms with E-state index in [0.29, 0.717) is 50.0 Å². The molecular weight excluding hydrogens is 546 g/mol. The van der Waals surface area contributed by atoms with Crippen LogP contribution in [0.3, 0.4) is 0 Å². The van der Waals surface area contributed by atoms with Gasteiger partial charge in [0.15, 0.2) is 4.80 Å². The highest BCUT2D eigenvalue weighted by molar-refractivity contribution is 7.07. The van der Waals surface area contributed by atoms with Gasteiger partial charge < -0.3 is 13.9 Å². The first-order valence-electron chi connectivity index (χ1n) is 12.7. The standard InChI is InChI=1S/C30H25N3O7S/c1-4-16-39-22-12-8-20(9-13-22)27-26(29(35)38-5-2)18(3)31-30-32(27)28(34)25(41-30)17-23-14-15-24(40-23)19-6-10-21(11-7-19)33(36)37/h4,6-15,17,27H,1,5,16H2,2-3H3/b25-17-/t27-/m1/s1. The van der Waals surface area contributed by atoms with Crippen LogP contribution in [0.5, 0.6) is 5.75 Å². The Hall–Kier alpha value is -5.03. The van der Waals surface area contributed by atoms with Crippen molar-refractivity contribution in [1.82, 2.24) is 4.57 Å². The van der Waals surface area contributed by atoms with Crippen molar-refractivity contribution in [3.63, 3.8) is 0 Å². The molecule has 10 nitrogen and oxygen atoms in total. The van der Waals surface area contributed by atoms with Gasteiger partial charge in [-0.25, -0.2) is 9.79 Å². The molecule has 208 valence electrons. The van der Waals surface area contributed by atoms with Gasteiger partial charge in [0, 0.05) is 23.8 Å². The zero-order valence-electron chi connectivity index (χ0n) is 22.2. The van der Waals surface area contributed by atoms with Crippen molar-refractivity contribution in [3.8, 4) is 17.1 Å². The molecule has 4 aromatic rings. The first-order chi connectivity index (χ1) is 19.8. The monoisotopic (exact) mass is 571 g/mol. The van der Waals surface area contributed by atoms with Crippen LogP contribution in [-0.4, -0.2) is 28.7 Å². The molecule has 2 aromatic heterocycles. The lowest BCUT2D eigenvalue weighted by Crippen LogP contribution is -2.39. The normalized spacial score (nSPS) is 14.8. The zero-order chi connectivity index (χ0) is 29.1. The van der Waals surface area contributed by atoms with E-state index in [-0.39, 0.29) is 23.4 Å². The Morgan fingerprint density at radius 2 is 1.90 bits per heavy atom. The Balaban J connectivity index is 1.57. The number of aromatic nitrogens is 1. The predicted molar refractivity (Wildman–Crippen MR) is 153 cm³/mol. The van der Waals surface area contributed by atoms with Gasteiger partial charge in [-0.2, -0.15) is 0 Å². The highest BCUT2D eigenvalue weighted by atomic mass is 32.1. The average Bonchev–Trinajstić information content (AvgIpc) is 3.55. The SMILES string of the molecule is C=CCOc1ccc([C@@H]2C(C(=O)OCC)=C(C)N=c3s/c(=C\c4ccc(-c5ccc([N+](=O)[O-])cc5)o4)c(=O)n32)cc1. The summed E-state index contributed by atoms with van der Waals surface area (Å²) in [6, 6.07) is 15.8. The van der Waals surface area contributed by atoms with Gasteiger partial charge in [-0.15, -0.1) is 0 Å². The highest BCUT2D eigenvalue weighted by Crippen LogP contribution is 2.32. The number of non-ortho nitro benzene ring substituents is 1. The fraction of sp³-hybridized carbons (Fsp3) is 0.167. The van der Waals surface area contributed by atoms with Crippen molar-refractivity contribution < 1.29 is 23.6 Å². The third-order valence-corrected chi connectivity index (χ3v) is 7.33. The molecule has 0 spiro atoms. The van der Waals surface area contributed by atoms with Gasteiger partial charge in [-0.1, -0.05) is 36.1 Å². The summed E-state index contributed by atoms with van der Waals surface area (Å²) < 4.78 is 18.7. The maximum Gasteiger partial charge on any atom is 0.338 e. The smallest absolute Gasteiger partial charge is 0.338 e. The summed E-state index contributed by atoms with van der Waals surface area (Å²) in [5.74, 6) is 1.00. The van der Waals surface area contributed by atoms with Crippen molar-refractivity contribution in [1.29, 1.82) is 0 Å². The van der Waals surface area contributed by atoms with E-state index in [1.165, 1.54) is 28.0 Å². The molecule has 0 fully saturated rings. The summed E-state index contributed by atoms with van der Waals surface area (Å²) in [4.78, 5) is 42.4. The fourth-order valence-electron chi connectivity index (χ4n) is 4.47. The number of esters is 1. The summed E-state index contributed by atoms with van der Waals surface area (Å²) in [7, 11) is 0. The van der Waals surface area contributed by atoms with Crippen LogP contribution in [0.15, 0.2) is 98.8 Å². The molecule has 0 radical (unpaired) electrons. The van der Waals surface area contributed by atoms with E-state index in [9.17, 15) is 19.7 Å². The number of nitrogens with zero attached hydrogens (tertiary/aromatic N) is 3. The van der Waals surface area contributed by atoms with Crippen molar-refractivity contribution in [2.75, 3.05) is 13.2 Å². The number of carbonyl (C=O) groups is 1. The van der Waals surface area contributed by atoms with Gasteiger partial charge in [0.2, 0.25) is 0 Å². The quantitative estimate of drug-likeness (QED) is 0.125. The van der Waals surface area contributed by atoms with Crippen molar-refractivity contribution in [2.24, 2.45) is 4.99 Å². The Kier molecular flexibility index (Phi) is 7.79. The number of benzene rings is 2. The number of carbonyl (C=O) groups excluding carboxylic acids is 1. The first-order valence-corrected chi connectivity index (χ1v) is 13.5. The second-order valence-electron chi connectivity index (χ2n) is 8.98. The maximum atomic E-state index is 13.8. The number of fused-ring (bicyclic) bond motifs is 1. The molecular formula is C30H25N3O7S. The van der Waals surface area contributed by atoms with Crippen LogP contribution in [0.2, 0.25) is 0 Å². The minimum absolute atomic E-state index is 0.0207. The van der Waals surface area contributed by atoms with Crippen molar-refractivity contribution in [2.45, 2.75) is 19.9 Å². The average molecular weight is 572 g/mol. The van der Waals surface area contributed by atoms with Gasteiger partial charge in [0.25, 0.3) is 11.2 Å². The number of thiazole rings is 1. The molecule has 5 rings (SSSR count). The molecule has 2 aromatic carbocycles. The number of rotatable bonds is 9. The van der Waals surface area contributed by atoms with E-state index in [1.807, 2.05) is 0 Å². The molecule has 1 aliphatic rings. The number of ether oxygens (including phenoxy) is 2. The molecule has 41 heavy (non-hydrogen) atoms. The van der Waals surface area contributed by atoms with Gasteiger partial charge in [0.1, 0.15) is 23.9 Å². The number of furan rings is 1. The van der Waals surface area contributed by atoms with E-state index in [0.717, 1.165) is 0 Å². The zero-order valence-corrected chi connectivity index (χ0v) is 23.1. The molecule has 0 aliphatic carbocycles. The Labute approximate surface area is 238 Å². The highest BCUT2D eigenvalue weighted by Gasteiger charge is 2.33. The third kappa shape index (κ3) is 5.52. The van der Waals surface area contributed by atoms with Crippen LogP contribution >= 0.6 is 11.3 Å². The van der Waals surface area contributed by atoms with Crippen LogP contribution in [0.25, 0.3) is 17.4 Å². The van der Waals surface area contributed by atoms with E-state index in [4.69, 9.17) is 13.9 Å². The molecule has 1 atom stereocenters. The molecule has 0 amide bonds. The molecule has 0 bridgehead atoms. The molecule has 0 N–H and O–H groups in total. The lowest BCUT2D eigenvalue weighted by molar-refractivity contribution is -0.384. The number of hydrogen-bond donors (Lipinski definition) is 0. The van der Waals surface area contributed by atoms with Crippen LogP contribution in [0, 0.1) is 10.1 Å². The van der Waals surface area contributed by atoms with Crippen LogP contribution < -0.4 is 19.6 Å². The summed E-state index contributed by atoms with van der Waals surface area (Å²) >= 11 is 1.18. The van der Waals surface area contributed by atoms with Gasteiger partial charge >= 0.3 is 5.97 Å². The Morgan fingerprint density at radius 1 is 1.17 bits per heavy atom. The Bertz CT molecular complexity index is 1850. The minimum atomic E-state index is -0.756. The summed E-state index contributed by atoms with van der Waals surface area (Å²) in [5.41, 5.74) is 1.74. The van der Waals surface area contributed by atoms with Crippen LogP contribution in [0.4, 0.5) is 5.69 Å². The molecule has 3 heterocycles. The topological polar surface area (TPSA) is 126 Å². The van der Waals surface area contributed by atoms with E-state index in [2.05, 4.69) is 11.6 Å². The predicted octanol–water partition coefficient (Wildman–Crippen LogP) is 4.53. The van der Waals surface area contributed by atoms with Crippen LogP contribution in [0.1, 0.15) is 31.2 Å². The third-order valence-electron chi connectivity index (χ3n) is 6.34. The number of hydrogen-bond acceptors (Lipinski definition) is 9. The molecule has 0 unspecified atom stereocenters. The lowest BCUT2D eigenvalue weighted by Gasteiger charge is -2.24. The van der Waals surface area contributed by atoms with E-state index >= 15 is 0 Å². The summed E-state index contributed by atoms with van der Waals surface area (Å²) in [5, 5.41) is 11.0. The van der Waals surface area contributed by atoms with Gasteiger partial charge in [-0.05, 0) is 55.8 Å². The maximum absolute atomic E-state index is 13.8. The summed E-state index contributed by atoms with van der Waals surface area (Å²) in [6.45, 7) is 7.62. The second kappa shape index (κ2) is 11.6. The van der Waals surface area contributed by atoms with Crippen molar-refractivity contribution in [3.05, 3.63) is 126 Å². The summed E-state index contributed by atoms with van der Waals surface area (Å²) in [6.07, 6.45) is 3.26. The number of nitro benzene ring substituents is 1. The Morgan fingerprint density at radius 3 is 2.56 bits per heavy atom. The van der Waals surface area contributed by atoms with Gasteiger partial charge in [0.05, 0.1) is 33.4 Å². The lowest BCUT2D eigenvalue weighted by atomic mass is 9.96.